The fourth-order valence-electron chi connectivity index (χ4n) is 1.52. The third kappa shape index (κ3) is 2.14. The number of aromatic nitrogens is 1. The molecule has 1 aliphatic rings. The molecule has 3 nitrogen and oxygen atoms in total. The van der Waals surface area contributed by atoms with Crippen LogP contribution in [0.2, 0.25) is 5.02 Å². The summed E-state index contributed by atoms with van der Waals surface area (Å²) in [5.74, 6) is 0.0387. The summed E-state index contributed by atoms with van der Waals surface area (Å²) in [7, 11) is 0. The molecule has 1 aliphatic heterocycles. The van der Waals surface area contributed by atoms with Crippen molar-refractivity contribution in [3.8, 4) is 0 Å². The van der Waals surface area contributed by atoms with E-state index < -0.39 is 0 Å². The Morgan fingerprint density at radius 1 is 1.60 bits per heavy atom. The number of thiol groups is 1. The van der Waals surface area contributed by atoms with Gasteiger partial charge in [-0.25, -0.2) is 0 Å². The molecule has 1 saturated heterocycles. The van der Waals surface area contributed by atoms with Crippen LogP contribution in [0, 0.1) is 0 Å². The smallest absolute Gasteiger partial charge is 0.228 e. The zero-order chi connectivity index (χ0) is 11.0. The number of pyridine rings is 1. The van der Waals surface area contributed by atoms with Crippen molar-refractivity contribution in [3.05, 3.63) is 21.9 Å². The highest BCUT2D eigenvalue weighted by molar-refractivity contribution is 9.10. The van der Waals surface area contributed by atoms with Gasteiger partial charge in [-0.3, -0.25) is 9.78 Å². The number of nitrogens with zero attached hydrogens (tertiary/aromatic N) is 2. The first-order valence-corrected chi connectivity index (χ1v) is 6.05. The zero-order valence-corrected chi connectivity index (χ0v) is 10.9. The normalized spacial score (nSPS) is 21.1. The van der Waals surface area contributed by atoms with Gasteiger partial charge >= 0.3 is 0 Å². The van der Waals surface area contributed by atoms with Crippen LogP contribution < -0.4 is 4.90 Å². The summed E-state index contributed by atoms with van der Waals surface area (Å²) in [6.07, 6.45) is 3.65. The van der Waals surface area contributed by atoms with Crippen molar-refractivity contribution in [2.45, 2.75) is 11.7 Å². The second-order valence-corrected chi connectivity index (χ2v) is 5.28. The lowest BCUT2D eigenvalue weighted by atomic mass is 10.4. The maximum atomic E-state index is 11.6. The number of carbonyl (C=O) groups is 1. The van der Waals surface area contributed by atoms with Crippen LogP contribution in [0.1, 0.15) is 6.42 Å². The van der Waals surface area contributed by atoms with Crippen LogP contribution in [-0.4, -0.2) is 22.7 Å². The summed E-state index contributed by atoms with van der Waals surface area (Å²) in [4.78, 5) is 17.2. The Bertz CT molecular complexity index is 415. The van der Waals surface area contributed by atoms with Gasteiger partial charge in [0.2, 0.25) is 5.91 Å². The average molecular weight is 308 g/mol. The number of amides is 1. The molecule has 1 amide bonds. The van der Waals surface area contributed by atoms with Gasteiger partial charge in [-0.2, -0.15) is 12.6 Å². The van der Waals surface area contributed by atoms with Gasteiger partial charge in [0.05, 0.1) is 21.4 Å². The lowest BCUT2D eigenvalue weighted by molar-refractivity contribution is -0.117. The topological polar surface area (TPSA) is 33.2 Å². The number of anilines is 1. The Morgan fingerprint density at radius 2 is 2.33 bits per heavy atom. The molecular weight excluding hydrogens is 300 g/mol. The van der Waals surface area contributed by atoms with Crippen molar-refractivity contribution in [1.29, 1.82) is 0 Å². The summed E-state index contributed by atoms with van der Waals surface area (Å²) in [6, 6.07) is 0. The van der Waals surface area contributed by atoms with Gasteiger partial charge < -0.3 is 4.90 Å². The summed E-state index contributed by atoms with van der Waals surface area (Å²) in [6.45, 7) is 0.583. The molecule has 80 valence electrons. The number of rotatable bonds is 1. The summed E-state index contributed by atoms with van der Waals surface area (Å²) >= 11 is 13.6. The highest BCUT2D eigenvalue weighted by Crippen LogP contribution is 2.34. The number of hydrogen-bond acceptors (Lipinski definition) is 3. The van der Waals surface area contributed by atoms with Gasteiger partial charge in [0.1, 0.15) is 0 Å². The zero-order valence-electron chi connectivity index (χ0n) is 7.65. The lowest BCUT2D eigenvalue weighted by Crippen LogP contribution is -2.25. The summed E-state index contributed by atoms with van der Waals surface area (Å²) in [5.41, 5.74) is 0.646. The molecule has 0 bridgehead atoms. The predicted octanol–water partition coefficient (Wildman–Crippen LogP) is 2.53. The third-order valence-electron chi connectivity index (χ3n) is 2.21. The van der Waals surface area contributed by atoms with Crippen molar-refractivity contribution < 1.29 is 4.79 Å². The monoisotopic (exact) mass is 306 g/mol. The average Bonchev–Trinajstić information content (AvgIpc) is 2.50. The Balaban J connectivity index is 2.38. The van der Waals surface area contributed by atoms with Crippen LogP contribution in [0.3, 0.4) is 0 Å². The van der Waals surface area contributed by atoms with Crippen LogP contribution in [-0.2, 0) is 4.79 Å². The first-order chi connectivity index (χ1) is 7.09. The summed E-state index contributed by atoms with van der Waals surface area (Å²) in [5, 5.41) is 0.591. The Morgan fingerprint density at radius 3 is 2.93 bits per heavy atom. The van der Waals surface area contributed by atoms with Crippen LogP contribution in [0.4, 0.5) is 5.69 Å². The molecule has 1 unspecified atom stereocenters. The van der Waals surface area contributed by atoms with E-state index in [-0.39, 0.29) is 11.2 Å². The van der Waals surface area contributed by atoms with E-state index in [1.54, 1.807) is 17.3 Å². The maximum absolute atomic E-state index is 11.6. The van der Waals surface area contributed by atoms with E-state index in [2.05, 4.69) is 33.5 Å². The van der Waals surface area contributed by atoms with Crippen LogP contribution in [0.5, 0.6) is 0 Å². The van der Waals surface area contributed by atoms with Crippen LogP contribution in [0.25, 0.3) is 0 Å². The van der Waals surface area contributed by atoms with Crippen molar-refractivity contribution in [2.75, 3.05) is 11.4 Å². The predicted molar refractivity (Wildman–Crippen MR) is 66.7 cm³/mol. The summed E-state index contributed by atoms with van der Waals surface area (Å²) < 4.78 is 0.692. The second-order valence-electron chi connectivity index (χ2n) is 3.32. The number of carbonyl (C=O) groups excluding carboxylic acids is 1. The quantitative estimate of drug-likeness (QED) is 0.809. The fourth-order valence-corrected chi connectivity index (χ4v) is 2.36. The van der Waals surface area contributed by atoms with Gasteiger partial charge in [0, 0.05) is 24.4 Å². The standard InChI is InChI=1S/C9H8BrClN2OS/c10-6-2-12-3-7(9(6)11)13-4-5(15)1-8(13)14/h2-3,5,15H,1,4H2. The molecule has 1 atom stereocenters. The first-order valence-electron chi connectivity index (χ1n) is 4.37. The number of hydrogen-bond donors (Lipinski definition) is 1. The maximum Gasteiger partial charge on any atom is 0.228 e. The lowest BCUT2D eigenvalue weighted by Gasteiger charge is -2.17. The Labute approximate surface area is 106 Å². The van der Waals surface area contributed by atoms with E-state index in [0.29, 0.717) is 28.1 Å². The molecule has 0 saturated carbocycles. The van der Waals surface area contributed by atoms with E-state index in [1.165, 1.54) is 0 Å². The molecule has 1 fully saturated rings. The highest BCUT2D eigenvalue weighted by atomic mass is 79.9. The van der Waals surface area contributed by atoms with Gasteiger partial charge in [-0.15, -0.1) is 0 Å². The molecule has 0 N–H and O–H groups in total. The SMILES string of the molecule is O=C1CC(S)CN1c1cncc(Br)c1Cl. The van der Waals surface area contributed by atoms with Gasteiger partial charge in [-0.1, -0.05) is 11.6 Å². The second kappa shape index (κ2) is 4.31. The number of halogens is 2. The minimum Gasteiger partial charge on any atom is -0.308 e. The fraction of sp³-hybridized carbons (Fsp3) is 0.333. The van der Waals surface area contributed by atoms with Crippen molar-refractivity contribution in [3.63, 3.8) is 0 Å². The van der Waals surface area contributed by atoms with Gasteiger partial charge in [0.25, 0.3) is 0 Å². The van der Waals surface area contributed by atoms with Crippen LogP contribution in [0.15, 0.2) is 16.9 Å². The minimum atomic E-state index is 0.0387. The van der Waals surface area contributed by atoms with Crippen molar-refractivity contribution >= 4 is 51.8 Å². The minimum absolute atomic E-state index is 0.0387. The molecule has 2 heterocycles. The molecule has 6 heteroatoms. The molecule has 0 aromatic carbocycles. The largest absolute Gasteiger partial charge is 0.308 e. The molecule has 0 aliphatic carbocycles. The van der Waals surface area contributed by atoms with Gasteiger partial charge in [-0.05, 0) is 15.9 Å². The molecule has 2 rings (SSSR count). The first kappa shape index (κ1) is 11.2. The van der Waals surface area contributed by atoms with E-state index in [1.807, 2.05) is 0 Å². The van der Waals surface area contributed by atoms with Crippen LogP contribution >= 0.6 is 40.2 Å². The highest BCUT2D eigenvalue weighted by Gasteiger charge is 2.30. The molecular formula is C9H8BrClN2OS. The molecule has 1 aromatic rings. The Kier molecular flexibility index (Phi) is 3.23. The third-order valence-corrected chi connectivity index (χ3v) is 3.79. The molecule has 1 aromatic heterocycles. The van der Waals surface area contributed by atoms with Gasteiger partial charge in [0.15, 0.2) is 0 Å². The Hall–Kier alpha value is -0.260. The van der Waals surface area contributed by atoms with E-state index in [0.717, 1.165) is 0 Å². The molecule has 0 spiro atoms. The van der Waals surface area contributed by atoms with E-state index in [9.17, 15) is 4.79 Å². The van der Waals surface area contributed by atoms with Crippen molar-refractivity contribution in [1.82, 2.24) is 4.98 Å². The van der Waals surface area contributed by atoms with E-state index >= 15 is 0 Å². The van der Waals surface area contributed by atoms with Crippen molar-refractivity contribution in [2.24, 2.45) is 0 Å². The van der Waals surface area contributed by atoms with E-state index in [4.69, 9.17) is 11.6 Å². The molecule has 0 radical (unpaired) electrons. The molecule has 15 heavy (non-hydrogen) atoms.